The average Bonchev–Trinajstić information content (AvgIpc) is 2.60. The van der Waals surface area contributed by atoms with Crippen LogP contribution in [-0.4, -0.2) is 20.7 Å². The summed E-state index contributed by atoms with van der Waals surface area (Å²) in [6, 6.07) is 12.4. The van der Waals surface area contributed by atoms with E-state index >= 15 is 0 Å². The van der Waals surface area contributed by atoms with Gasteiger partial charge in [0.05, 0.1) is 10.6 Å². The summed E-state index contributed by atoms with van der Waals surface area (Å²) < 4.78 is 27.6. The maximum Gasteiger partial charge on any atom is 0.264 e. The van der Waals surface area contributed by atoms with Gasteiger partial charge in [0, 0.05) is 12.1 Å². The largest absolute Gasteiger partial charge is 0.295 e. The molecule has 0 bridgehead atoms. The number of anilines is 1. The SMILES string of the molecule is CCc1ccc(S(=O)(=O)N2CCCc3ccc(C(C)=O)cc32)cc1. The van der Waals surface area contributed by atoms with E-state index in [0.29, 0.717) is 22.7 Å². The molecule has 3 rings (SSSR count). The molecule has 0 fully saturated rings. The number of hydrogen-bond acceptors (Lipinski definition) is 3. The van der Waals surface area contributed by atoms with Gasteiger partial charge < -0.3 is 0 Å². The highest BCUT2D eigenvalue weighted by Crippen LogP contribution is 2.33. The first kappa shape index (κ1) is 16.7. The Bertz CT molecular complexity index is 870. The minimum Gasteiger partial charge on any atom is -0.295 e. The van der Waals surface area contributed by atoms with E-state index in [2.05, 4.69) is 0 Å². The molecule has 0 amide bonds. The molecule has 4 nitrogen and oxygen atoms in total. The van der Waals surface area contributed by atoms with Crippen LogP contribution in [0.25, 0.3) is 0 Å². The van der Waals surface area contributed by atoms with E-state index in [4.69, 9.17) is 0 Å². The Labute approximate surface area is 143 Å². The van der Waals surface area contributed by atoms with Gasteiger partial charge in [0.15, 0.2) is 5.78 Å². The van der Waals surface area contributed by atoms with Crippen LogP contribution >= 0.6 is 0 Å². The van der Waals surface area contributed by atoms with Crippen molar-refractivity contribution >= 4 is 21.5 Å². The van der Waals surface area contributed by atoms with E-state index in [1.165, 1.54) is 11.2 Å². The van der Waals surface area contributed by atoms with Gasteiger partial charge in [-0.05, 0) is 55.5 Å². The molecule has 2 aromatic rings. The van der Waals surface area contributed by atoms with Crippen molar-refractivity contribution < 1.29 is 13.2 Å². The topological polar surface area (TPSA) is 54.5 Å². The van der Waals surface area contributed by atoms with Gasteiger partial charge in [-0.2, -0.15) is 0 Å². The molecular formula is C19H21NO3S. The van der Waals surface area contributed by atoms with Crippen LogP contribution < -0.4 is 4.31 Å². The van der Waals surface area contributed by atoms with Crippen molar-refractivity contribution in [2.24, 2.45) is 0 Å². The van der Waals surface area contributed by atoms with Gasteiger partial charge in [-0.1, -0.05) is 31.2 Å². The highest BCUT2D eigenvalue weighted by atomic mass is 32.2. The van der Waals surface area contributed by atoms with Crippen LogP contribution in [0.5, 0.6) is 0 Å². The third-order valence-electron chi connectivity index (χ3n) is 4.49. The number of rotatable bonds is 4. The molecule has 1 aliphatic rings. The zero-order chi connectivity index (χ0) is 17.3. The fraction of sp³-hybridized carbons (Fsp3) is 0.316. The molecule has 0 unspecified atom stereocenters. The number of aryl methyl sites for hydroxylation is 2. The van der Waals surface area contributed by atoms with Crippen molar-refractivity contribution in [3.05, 3.63) is 59.2 Å². The van der Waals surface area contributed by atoms with Crippen LogP contribution in [0.4, 0.5) is 5.69 Å². The predicted molar refractivity (Wildman–Crippen MR) is 95.1 cm³/mol. The number of sulfonamides is 1. The molecular weight excluding hydrogens is 322 g/mol. The number of benzene rings is 2. The van der Waals surface area contributed by atoms with Crippen molar-refractivity contribution in [1.29, 1.82) is 0 Å². The van der Waals surface area contributed by atoms with Crippen LogP contribution in [0.3, 0.4) is 0 Å². The summed E-state index contributed by atoms with van der Waals surface area (Å²) in [6.45, 7) is 3.97. The number of carbonyl (C=O) groups is 1. The minimum absolute atomic E-state index is 0.0620. The molecule has 24 heavy (non-hydrogen) atoms. The van der Waals surface area contributed by atoms with E-state index in [0.717, 1.165) is 30.4 Å². The number of nitrogens with zero attached hydrogens (tertiary/aromatic N) is 1. The van der Waals surface area contributed by atoms with Gasteiger partial charge in [-0.3, -0.25) is 9.10 Å². The average molecular weight is 343 g/mol. The summed E-state index contributed by atoms with van der Waals surface area (Å²) in [7, 11) is -3.62. The molecule has 1 heterocycles. The smallest absolute Gasteiger partial charge is 0.264 e. The highest BCUT2D eigenvalue weighted by Gasteiger charge is 2.29. The monoisotopic (exact) mass is 343 g/mol. The second-order valence-corrected chi connectivity index (χ2v) is 7.94. The van der Waals surface area contributed by atoms with Crippen LogP contribution in [0, 0.1) is 0 Å². The summed E-state index contributed by atoms with van der Waals surface area (Å²) >= 11 is 0. The summed E-state index contributed by atoms with van der Waals surface area (Å²) in [5.74, 6) is -0.0620. The molecule has 2 aromatic carbocycles. The maximum absolute atomic E-state index is 13.1. The minimum atomic E-state index is -3.62. The van der Waals surface area contributed by atoms with Gasteiger partial charge in [-0.25, -0.2) is 8.42 Å². The molecule has 0 aliphatic carbocycles. The normalized spacial score (nSPS) is 14.3. The molecule has 0 spiro atoms. The van der Waals surface area contributed by atoms with Gasteiger partial charge in [-0.15, -0.1) is 0 Å². The van der Waals surface area contributed by atoms with Crippen LogP contribution in [0.15, 0.2) is 47.4 Å². The molecule has 0 N–H and O–H groups in total. The van der Waals surface area contributed by atoms with Crippen molar-refractivity contribution in [2.45, 2.75) is 38.0 Å². The molecule has 0 saturated carbocycles. The Morgan fingerprint density at radius 2 is 1.83 bits per heavy atom. The molecule has 5 heteroatoms. The maximum atomic E-state index is 13.1. The molecule has 0 aromatic heterocycles. The molecule has 0 radical (unpaired) electrons. The third-order valence-corrected chi connectivity index (χ3v) is 6.31. The van der Waals surface area contributed by atoms with Crippen LogP contribution in [0.2, 0.25) is 0 Å². The Morgan fingerprint density at radius 3 is 2.46 bits per heavy atom. The highest BCUT2D eigenvalue weighted by molar-refractivity contribution is 7.92. The lowest BCUT2D eigenvalue weighted by molar-refractivity contribution is 0.101. The van der Waals surface area contributed by atoms with Gasteiger partial charge in [0.2, 0.25) is 0 Å². The number of ketones is 1. The van der Waals surface area contributed by atoms with Gasteiger partial charge in [0.1, 0.15) is 0 Å². The summed E-state index contributed by atoms with van der Waals surface area (Å²) in [6.07, 6.45) is 2.47. The first-order valence-electron chi connectivity index (χ1n) is 8.19. The summed E-state index contributed by atoms with van der Waals surface area (Å²) in [4.78, 5) is 12.0. The fourth-order valence-electron chi connectivity index (χ4n) is 3.03. The first-order valence-corrected chi connectivity index (χ1v) is 9.63. The standard InChI is InChI=1S/C19H21NO3S/c1-3-15-6-10-18(11-7-15)24(22,23)20-12-4-5-16-8-9-17(14(2)21)13-19(16)20/h6-11,13H,3-5,12H2,1-2H3. The number of Topliss-reactive ketones (excluding diaryl/α,β-unsaturated/α-hetero) is 1. The second kappa shape index (κ2) is 6.40. The van der Waals surface area contributed by atoms with Crippen molar-refractivity contribution in [2.75, 3.05) is 10.8 Å². The first-order chi connectivity index (χ1) is 11.4. The van der Waals surface area contributed by atoms with Gasteiger partial charge >= 0.3 is 0 Å². The molecule has 126 valence electrons. The molecule has 0 atom stereocenters. The van der Waals surface area contributed by atoms with Crippen molar-refractivity contribution in [3.63, 3.8) is 0 Å². The molecule has 0 saturated heterocycles. The van der Waals surface area contributed by atoms with E-state index < -0.39 is 10.0 Å². The third kappa shape index (κ3) is 2.96. The summed E-state index contributed by atoms with van der Waals surface area (Å²) in [5.41, 5.74) is 3.25. The van der Waals surface area contributed by atoms with Crippen molar-refractivity contribution in [3.8, 4) is 0 Å². The molecule has 1 aliphatic heterocycles. The quantitative estimate of drug-likeness (QED) is 0.797. The number of fused-ring (bicyclic) bond motifs is 1. The van der Waals surface area contributed by atoms with Crippen LogP contribution in [0.1, 0.15) is 41.8 Å². The summed E-state index contributed by atoms with van der Waals surface area (Å²) in [5, 5.41) is 0. The van der Waals surface area contributed by atoms with Gasteiger partial charge in [0.25, 0.3) is 10.0 Å². The Hall–Kier alpha value is -2.14. The Morgan fingerprint density at radius 1 is 1.12 bits per heavy atom. The zero-order valence-electron chi connectivity index (χ0n) is 14.0. The number of hydrogen-bond donors (Lipinski definition) is 0. The lowest BCUT2D eigenvalue weighted by atomic mass is 10.00. The Kier molecular flexibility index (Phi) is 4.45. The van der Waals surface area contributed by atoms with Crippen molar-refractivity contribution in [1.82, 2.24) is 0 Å². The Balaban J connectivity index is 2.06. The van der Waals surface area contributed by atoms with Crippen LogP contribution in [-0.2, 0) is 22.9 Å². The van der Waals surface area contributed by atoms with E-state index in [1.807, 2.05) is 25.1 Å². The zero-order valence-corrected chi connectivity index (χ0v) is 14.8. The lowest BCUT2D eigenvalue weighted by Crippen LogP contribution is -2.35. The van der Waals surface area contributed by atoms with E-state index in [9.17, 15) is 13.2 Å². The van der Waals surface area contributed by atoms with E-state index in [1.54, 1.807) is 24.3 Å². The number of carbonyl (C=O) groups excluding carboxylic acids is 1. The fourth-order valence-corrected chi connectivity index (χ4v) is 4.57. The predicted octanol–water partition coefficient (Wildman–Crippen LogP) is 3.59. The van der Waals surface area contributed by atoms with E-state index in [-0.39, 0.29) is 5.78 Å². The second-order valence-electron chi connectivity index (χ2n) is 6.08. The lowest BCUT2D eigenvalue weighted by Gasteiger charge is -2.31.